The predicted octanol–water partition coefficient (Wildman–Crippen LogP) is 6.17. The average Bonchev–Trinajstić information content (AvgIpc) is 3.07. The number of hydrogen-bond acceptors (Lipinski definition) is 8. The molecular weight excluding hydrogens is 606 g/mol. The van der Waals surface area contributed by atoms with Crippen molar-refractivity contribution in [2.75, 3.05) is 67.5 Å². The number of likely N-dealkylation sites (tertiary alicyclic amines) is 1. The fraction of sp³-hybridized carbons (Fsp3) is 0.605. The molecule has 2 aromatic carbocycles. The zero-order chi connectivity index (χ0) is 34.3. The van der Waals surface area contributed by atoms with Gasteiger partial charge >= 0.3 is 6.09 Å². The summed E-state index contributed by atoms with van der Waals surface area (Å²) in [6, 6.07) is 16.4. The fourth-order valence-corrected chi connectivity index (χ4v) is 7.36. The number of rotatable bonds is 6. The maximum Gasteiger partial charge on any atom is 0.412 e. The van der Waals surface area contributed by atoms with Gasteiger partial charge in [-0.25, -0.2) is 4.79 Å². The molecule has 10 nitrogen and oxygen atoms in total. The molecule has 4 aliphatic heterocycles. The molecule has 2 N–H and O–H groups in total. The lowest BCUT2D eigenvalue weighted by Crippen LogP contribution is -2.57. The van der Waals surface area contributed by atoms with Gasteiger partial charge < -0.3 is 24.2 Å². The van der Waals surface area contributed by atoms with Crippen LogP contribution in [0.4, 0.5) is 21.9 Å². The summed E-state index contributed by atoms with van der Waals surface area (Å²) in [6.45, 7) is 17.4. The molecule has 2 aromatic rings. The van der Waals surface area contributed by atoms with Gasteiger partial charge in [0.2, 0.25) is 11.8 Å². The molecule has 0 saturated carbocycles. The summed E-state index contributed by atoms with van der Waals surface area (Å²) in [5, 5.41) is 5.28. The number of amides is 3. The number of carbonyl (C=O) groups is 3. The number of hydrogen-bond donors (Lipinski definition) is 2. The van der Waals surface area contributed by atoms with E-state index in [4.69, 9.17) is 9.47 Å². The third-order valence-corrected chi connectivity index (χ3v) is 9.92. The van der Waals surface area contributed by atoms with Gasteiger partial charge in [-0.2, -0.15) is 0 Å². The van der Waals surface area contributed by atoms with E-state index in [2.05, 4.69) is 49.6 Å². The van der Waals surface area contributed by atoms with Crippen LogP contribution in [0.5, 0.6) is 0 Å². The van der Waals surface area contributed by atoms with Gasteiger partial charge in [-0.05, 0) is 101 Å². The van der Waals surface area contributed by atoms with Crippen LogP contribution < -0.4 is 20.4 Å². The molecule has 10 heteroatoms. The molecule has 1 atom stereocenters. The number of imide groups is 1. The van der Waals surface area contributed by atoms with Gasteiger partial charge in [0.1, 0.15) is 5.60 Å². The van der Waals surface area contributed by atoms with Crippen molar-refractivity contribution in [1.82, 2.24) is 10.2 Å². The van der Waals surface area contributed by atoms with E-state index in [1.165, 1.54) is 24.2 Å². The molecule has 4 aliphatic rings. The van der Waals surface area contributed by atoms with Gasteiger partial charge in [-0.1, -0.05) is 26.0 Å². The lowest BCUT2D eigenvalue weighted by molar-refractivity contribution is -0.134. The molecule has 4 heterocycles. The maximum absolute atomic E-state index is 12.3. The highest BCUT2D eigenvalue weighted by Crippen LogP contribution is 2.34. The second-order valence-corrected chi connectivity index (χ2v) is 14.5. The van der Waals surface area contributed by atoms with Gasteiger partial charge in [0.05, 0.1) is 18.1 Å². The highest BCUT2D eigenvalue weighted by atomic mass is 16.6. The smallest absolute Gasteiger partial charge is 0.412 e. The van der Waals surface area contributed by atoms with Crippen LogP contribution >= 0.6 is 0 Å². The number of anilines is 3. The average molecular weight is 662 g/mol. The molecule has 6 rings (SSSR count). The van der Waals surface area contributed by atoms with Crippen molar-refractivity contribution in [3.05, 3.63) is 54.1 Å². The van der Waals surface area contributed by atoms with Crippen LogP contribution in [0.1, 0.15) is 84.6 Å². The lowest BCUT2D eigenvalue weighted by Gasteiger charge is -2.48. The van der Waals surface area contributed by atoms with E-state index in [1.54, 1.807) is 0 Å². The van der Waals surface area contributed by atoms with Crippen LogP contribution in [0, 0.1) is 5.92 Å². The Hall–Kier alpha value is -3.63. The molecule has 48 heavy (non-hydrogen) atoms. The van der Waals surface area contributed by atoms with Gasteiger partial charge in [0.15, 0.2) is 0 Å². The van der Waals surface area contributed by atoms with E-state index in [9.17, 15) is 14.4 Å². The third-order valence-electron chi connectivity index (χ3n) is 9.92. The first-order valence-electron chi connectivity index (χ1n) is 17.9. The second-order valence-electron chi connectivity index (χ2n) is 14.5. The summed E-state index contributed by atoms with van der Waals surface area (Å²) in [5.74, 6) is 0.0844. The quantitative estimate of drug-likeness (QED) is 0.355. The summed E-state index contributed by atoms with van der Waals surface area (Å²) in [7, 11) is 0. The van der Waals surface area contributed by atoms with E-state index < -0.39 is 11.7 Å². The molecule has 0 bridgehead atoms. The van der Waals surface area contributed by atoms with Gasteiger partial charge in [-0.3, -0.25) is 20.2 Å². The van der Waals surface area contributed by atoms with Crippen molar-refractivity contribution in [2.45, 2.75) is 90.3 Å². The topological polar surface area (TPSA) is 103 Å². The Kier molecular flexibility index (Phi) is 11.7. The number of piperidine rings is 3. The first-order chi connectivity index (χ1) is 23.0. The van der Waals surface area contributed by atoms with Crippen LogP contribution in [-0.2, 0) is 19.1 Å². The Bertz CT molecular complexity index is 1370. The van der Waals surface area contributed by atoms with Gasteiger partial charge in [0.25, 0.3) is 0 Å². The first kappa shape index (κ1) is 35.7. The van der Waals surface area contributed by atoms with E-state index in [0.29, 0.717) is 18.8 Å². The van der Waals surface area contributed by atoms with Crippen LogP contribution in [0.2, 0.25) is 0 Å². The summed E-state index contributed by atoms with van der Waals surface area (Å²) in [6.07, 6.45) is 4.98. The summed E-state index contributed by atoms with van der Waals surface area (Å²) in [5.41, 5.74) is 3.45. The Balaban J connectivity index is 0.00000221. The molecule has 1 unspecified atom stereocenters. The number of ether oxygens (including phenoxy) is 2. The number of carbonyl (C=O) groups excluding carboxylic acids is 3. The van der Waals surface area contributed by atoms with Crippen LogP contribution in [0.3, 0.4) is 0 Å². The minimum absolute atomic E-state index is 0.106. The molecule has 4 saturated heterocycles. The maximum atomic E-state index is 12.3. The predicted molar refractivity (Wildman–Crippen MR) is 191 cm³/mol. The Morgan fingerprint density at radius 2 is 1.52 bits per heavy atom. The highest BCUT2D eigenvalue weighted by molar-refractivity contribution is 6.01. The zero-order valence-electron chi connectivity index (χ0n) is 29.6. The van der Waals surface area contributed by atoms with Gasteiger partial charge in [-0.15, -0.1) is 0 Å². The van der Waals surface area contributed by atoms with Crippen molar-refractivity contribution in [3.63, 3.8) is 0 Å². The first-order valence-corrected chi connectivity index (χ1v) is 17.9. The highest BCUT2D eigenvalue weighted by Gasteiger charge is 2.40. The normalized spacial score (nSPS) is 22.1. The minimum atomic E-state index is -0.522. The van der Waals surface area contributed by atoms with E-state index in [0.717, 1.165) is 76.5 Å². The van der Waals surface area contributed by atoms with E-state index in [1.807, 2.05) is 58.9 Å². The molecular formula is C38H55N5O5. The van der Waals surface area contributed by atoms with E-state index >= 15 is 0 Å². The molecule has 0 aliphatic carbocycles. The molecule has 3 amide bonds. The minimum Gasteiger partial charge on any atom is -0.444 e. The molecule has 0 aromatic heterocycles. The second kappa shape index (κ2) is 15.7. The molecule has 262 valence electrons. The monoisotopic (exact) mass is 661 g/mol. The van der Waals surface area contributed by atoms with Crippen molar-refractivity contribution >= 4 is 35.0 Å². The van der Waals surface area contributed by atoms with Crippen molar-refractivity contribution in [3.8, 4) is 0 Å². The number of morpholine rings is 1. The number of nitrogens with zero attached hydrogens (tertiary/aromatic N) is 3. The zero-order valence-corrected chi connectivity index (χ0v) is 29.6. The van der Waals surface area contributed by atoms with E-state index in [-0.39, 0.29) is 23.3 Å². The SMILES string of the molecule is CC.CC(C)(C)OC(=O)Nc1ccc(N2CCC(CN3CCC4(CC3)CN(c3ccc(C5CCC(=O)NC5=O)cc3)CCO4)CC2)cc1. The Labute approximate surface area is 286 Å². The molecule has 1 spiro atoms. The third kappa shape index (κ3) is 9.29. The van der Waals surface area contributed by atoms with Crippen LogP contribution in [0.25, 0.3) is 0 Å². The van der Waals surface area contributed by atoms with Crippen molar-refractivity contribution < 1.29 is 23.9 Å². The van der Waals surface area contributed by atoms with Gasteiger partial charge in [0, 0.05) is 69.3 Å². The largest absolute Gasteiger partial charge is 0.444 e. The summed E-state index contributed by atoms with van der Waals surface area (Å²) >= 11 is 0. The molecule has 0 radical (unpaired) electrons. The number of nitrogens with one attached hydrogen (secondary N) is 2. The number of benzene rings is 2. The summed E-state index contributed by atoms with van der Waals surface area (Å²) < 4.78 is 11.8. The van der Waals surface area contributed by atoms with Crippen LogP contribution in [0.15, 0.2) is 48.5 Å². The standard InChI is InChI=1S/C36H49N5O5.C2H6/c1-35(2,3)46-34(44)37-28-6-10-29(11-7-28)40-18-14-26(15-19-40)24-39-20-16-36(17-21-39)25-41(22-23-45-36)30-8-4-27(5-9-30)31-12-13-32(42)38-33(31)43;1-2/h4-11,26,31H,12-25H2,1-3H3,(H,37,44)(H,38,42,43);1-2H3. The fourth-order valence-electron chi connectivity index (χ4n) is 7.36. The lowest BCUT2D eigenvalue weighted by atomic mass is 9.87. The van der Waals surface area contributed by atoms with Crippen molar-refractivity contribution in [2.24, 2.45) is 5.92 Å². The summed E-state index contributed by atoms with van der Waals surface area (Å²) in [4.78, 5) is 43.4. The molecule has 4 fully saturated rings. The Morgan fingerprint density at radius 3 is 2.15 bits per heavy atom. The Morgan fingerprint density at radius 1 is 0.896 bits per heavy atom. The van der Waals surface area contributed by atoms with Crippen molar-refractivity contribution in [1.29, 1.82) is 0 Å². The van der Waals surface area contributed by atoms with Crippen LogP contribution in [-0.4, -0.2) is 86.4 Å².